The van der Waals surface area contributed by atoms with Crippen molar-refractivity contribution in [2.24, 2.45) is 7.05 Å². The third-order valence-corrected chi connectivity index (χ3v) is 4.49. The second kappa shape index (κ2) is 4.46. The molecule has 98 valence electrons. The topological polar surface area (TPSA) is 94.4 Å². The number of furan rings is 1. The third kappa shape index (κ3) is 2.12. The summed E-state index contributed by atoms with van der Waals surface area (Å²) in [5.74, 6) is -0.00320. The molecule has 0 aromatic carbocycles. The molecule has 8 heteroatoms. The first kappa shape index (κ1) is 12.7. The fraction of sp³-hybridized carbons (Fsp3) is 0.300. The van der Waals surface area contributed by atoms with E-state index in [4.69, 9.17) is 10.2 Å². The van der Waals surface area contributed by atoms with Gasteiger partial charge in [0, 0.05) is 26.2 Å². The largest absolute Gasteiger partial charge is 0.472 e. The first-order valence-corrected chi connectivity index (χ1v) is 6.61. The number of aryl methyl sites for hydroxylation is 1. The number of aromatic nitrogens is 2. The lowest BCUT2D eigenvalue weighted by atomic mass is 10.3. The Bertz CT molecular complexity index is 611. The lowest BCUT2D eigenvalue weighted by Crippen LogP contribution is -2.28. The number of sulfonamides is 1. The molecule has 0 aliphatic carbocycles. The van der Waals surface area contributed by atoms with Crippen LogP contribution in [0.2, 0.25) is 0 Å². The van der Waals surface area contributed by atoms with Crippen molar-refractivity contribution in [1.82, 2.24) is 13.9 Å². The molecule has 18 heavy (non-hydrogen) atoms. The molecule has 2 aromatic rings. The Labute approximate surface area is 105 Å². The molecule has 2 N–H and O–H groups in total. The highest BCUT2D eigenvalue weighted by Crippen LogP contribution is 2.21. The molecule has 0 saturated carbocycles. The summed E-state index contributed by atoms with van der Waals surface area (Å²) >= 11 is 0. The highest BCUT2D eigenvalue weighted by atomic mass is 32.2. The molecule has 0 fully saturated rings. The Kier molecular flexibility index (Phi) is 3.14. The number of nitrogen functional groups attached to an aromatic ring is 1. The van der Waals surface area contributed by atoms with Gasteiger partial charge in [-0.15, -0.1) is 0 Å². The molecule has 0 radical (unpaired) electrons. The Morgan fingerprint density at radius 3 is 2.78 bits per heavy atom. The predicted molar refractivity (Wildman–Crippen MR) is 65.0 cm³/mol. The van der Waals surface area contributed by atoms with Crippen LogP contribution in [0.4, 0.5) is 5.82 Å². The maximum absolute atomic E-state index is 12.3. The summed E-state index contributed by atoms with van der Waals surface area (Å²) in [7, 11) is -0.600. The van der Waals surface area contributed by atoms with Gasteiger partial charge in [-0.3, -0.25) is 0 Å². The van der Waals surface area contributed by atoms with Crippen molar-refractivity contribution in [3.63, 3.8) is 0 Å². The zero-order valence-corrected chi connectivity index (χ0v) is 10.9. The van der Waals surface area contributed by atoms with Crippen LogP contribution in [0.1, 0.15) is 5.56 Å². The van der Waals surface area contributed by atoms with Crippen LogP contribution in [0, 0.1) is 0 Å². The number of imidazole rings is 1. The van der Waals surface area contributed by atoms with E-state index in [0.29, 0.717) is 0 Å². The van der Waals surface area contributed by atoms with Gasteiger partial charge in [0.1, 0.15) is 0 Å². The van der Waals surface area contributed by atoms with Crippen LogP contribution in [-0.2, 0) is 23.6 Å². The second-order valence-electron chi connectivity index (χ2n) is 3.94. The fourth-order valence-corrected chi connectivity index (χ4v) is 2.97. The van der Waals surface area contributed by atoms with E-state index in [2.05, 4.69) is 4.98 Å². The molecule has 0 atom stereocenters. The summed E-state index contributed by atoms with van der Waals surface area (Å²) in [6.45, 7) is 0.212. The van der Waals surface area contributed by atoms with E-state index in [1.165, 1.54) is 34.8 Å². The average Bonchev–Trinajstić information content (AvgIpc) is 2.89. The summed E-state index contributed by atoms with van der Waals surface area (Å²) in [6.07, 6.45) is 4.36. The van der Waals surface area contributed by atoms with Crippen molar-refractivity contribution < 1.29 is 12.8 Å². The monoisotopic (exact) mass is 270 g/mol. The summed E-state index contributed by atoms with van der Waals surface area (Å²) in [5, 5.41) is -0.00602. The van der Waals surface area contributed by atoms with Gasteiger partial charge in [-0.1, -0.05) is 0 Å². The zero-order valence-electron chi connectivity index (χ0n) is 10.1. The lowest BCUT2D eigenvalue weighted by Gasteiger charge is -2.16. The van der Waals surface area contributed by atoms with Crippen LogP contribution < -0.4 is 5.73 Å². The molecule has 0 unspecified atom stereocenters. The highest BCUT2D eigenvalue weighted by Gasteiger charge is 2.27. The van der Waals surface area contributed by atoms with Crippen LogP contribution in [-0.4, -0.2) is 29.3 Å². The van der Waals surface area contributed by atoms with Crippen LogP contribution in [0.5, 0.6) is 0 Å². The molecule has 0 aliphatic rings. The van der Waals surface area contributed by atoms with Crippen molar-refractivity contribution in [1.29, 1.82) is 0 Å². The zero-order chi connectivity index (χ0) is 13.3. The van der Waals surface area contributed by atoms with Crippen molar-refractivity contribution in [2.45, 2.75) is 11.6 Å². The van der Waals surface area contributed by atoms with Crippen LogP contribution in [0.3, 0.4) is 0 Å². The standard InChI is InChI=1S/C10H14N4O3S/c1-13-7-12-9(11)10(13)18(15,16)14(2)5-8-3-4-17-6-8/h3-4,6-7H,5,11H2,1-2H3. The number of anilines is 1. The Morgan fingerprint density at radius 2 is 2.28 bits per heavy atom. The van der Waals surface area contributed by atoms with Crippen molar-refractivity contribution >= 4 is 15.8 Å². The quantitative estimate of drug-likeness (QED) is 0.868. The normalized spacial score (nSPS) is 12.2. The Balaban J connectivity index is 2.32. The Morgan fingerprint density at radius 1 is 1.56 bits per heavy atom. The van der Waals surface area contributed by atoms with Gasteiger partial charge in [-0.2, -0.15) is 4.31 Å². The van der Waals surface area contributed by atoms with Gasteiger partial charge in [0.2, 0.25) is 0 Å². The van der Waals surface area contributed by atoms with Gasteiger partial charge in [-0.25, -0.2) is 13.4 Å². The Hall–Kier alpha value is -1.80. The van der Waals surface area contributed by atoms with Gasteiger partial charge in [0.15, 0.2) is 10.8 Å². The maximum atomic E-state index is 12.3. The number of hydrogen-bond donors (Lipinski definition) is 1. The number of nitrogens with two attached hydrogens (primary N) is 1. The SMILES string of the molecule is CN(Cc1ccoc1)S(=O)(=O)c1c(N)ncn1C. The molecular weight excluding hydrogens is 256 g/mol. The van der Waals surface area contributed by atoms with Crippen LogP contribution in [0.25, 0.3) is 0 Å². The number of nitrogens with zero attached hydrogens (tertiary/aromatic N) is 3. The number of hydrogen-bond acceptors (Lipinski definition) is 5. The molecule has 0 aliphatic heterocycles. The second-order valence-corrected chi connectivity index (χ2v) is 5.90. The molecule has 0 amide bonds. The molecule has 0 spiro atoms. The van der Waals surface area contributed by atoms with E-state index in [0.717, 1.165) is 5.56 Å². The van der Waals surface area contributed by atoms with E-state index in [-0.39, 0.29) is 17.4 Å². The van der Waals surface area contributed by atoms with Gasteiger partial charge in [0.05, 0.1) is 18.9 Å². The summed E-state index contributed by atoms with van der Waals surface area (Å²) in [5.41, 5.74) is 6.35. The van der Waals surface area contributed by atoms with Crippen molar-refractivity contribution in [3.05, 3.63) is 30.5 Å². The lowest BCUT2D eigenvalue weighted by molar-refractivity contribution is 0.458. The van der Waals surface area contributed by atoms with Crippen molar-refractivity contribution in [2.75, 3.05) is 12.8 Å². The molecule has 2 rings (SSSR count). The summed E-state index contributed by atoms with van der Waals surface area (Å²) < 4.78 is 32.1. The first-order chi connectivity index (χ1) is 8.43. The minimum Gasteiger partial charge on any atom is -0.472 e. The van der Waals surface area contributed by atoms with Crippen LogP contribution >= 0.6 is 0 Å². The van der Waals surface area contributed by atoms with E-state index in [1.54, 1.807) is 13.1 Å². The van der Waals surface area contributed by atoms with Gasteiger partial charge in [-0.05, 0) is 6.07 Å². The summed E-state index contributed by atoms with van der Waals surface area (Å²) in [6, 6.07) is 1.71. The van der Waals surface area contributed by atoms with Gasteiger partial charge >= 0.3 is 0 Å². The number of rotatable bonds is 4. The smallest absolute Gasteiger partial charge is 0.262 e. The van der Waals surface area contributed by atoms with Gasteiger partial charge < -0.3 is 14.7 Å². The molecule has 0 bridgehead atoms. The van der Waals surface area contributed by atoms with E-state index < -0.39 is 10.0 Å². The third-order valence-electron chi connectivity index (χ3n) is 2.55. The van der Waals surface area contributed by atoms with E-state index in [1.807, 2.05) is 0 Å². The summed E-state index contributed by atoms with van der Waals surface area (Å²) in [4.78, 5) is 3.78. The minimum atomic E-state index is -3.67. The molecule has 2 heterocycles. The molecule has 7 nitrogen and oxygen atoms in total. The molecule has 0 saturated heterocycles. The first-order valence-electron chi connectivity index (χ1n) is 5.17. The van der Waals surface area contributed by atoms with Gasteiger partial charge in [0.25, 0.3) is 10.0 Å². The predicted octanol–water partition coefficient (Wildman–Crippen LogP) is 0.416. The minimum absolute atomic E-state index is 0.00320. The maximum Gasteiger partial charge on any atom is 0.262 e. The molecule has 2 aromatic heterocycles. The van der Waals surface area contributed by atoms with Crippen LogP contribution in [0.15, 0.2) is 34.4 Å². The fourth-order valence-electron chi connectivity index (χ4n) is 1.62. The van der Waals surface area contributed by atoms with Crippen molar-refractivity contribution in [3.8, 4) is 0 Å². The molecular formula is C10H14N4O3S. The highest BCUT2D eigenvalue weighted by molar-refractivity contribution is 7.89. The van der Waals surface area contributed by atoms with E-state index in [9.17, 15) is 8.42 Å². The average molecular weight is 270 g/mol. The van der Waals surface area contributed by atoms with E-state index >= 15 is 0 Å².